The molecule has 9 heteroatoms. The lowest BCUT2D eigenvalue weighted by molar-refractivity contribution is -0.0788. The number of hydrogen-bond donors (Lipinski definition) is 3. The first-order valence-corrected chi connectivity index (χ1v) is 14.4. The molecule has 3 N–H and O–H groups in total. The maximum Gasteiger partial charge on any atom is 0.270 e. The lowest BCUT2D eigenvalue weighted by Crippen LogP contribution is -2.53. The zero-order chi connectivity index (χ0) is 27.8. The number of unbranched alkanes of at least 4 members (excludes halogenated alkanes) is 1. The number of aliphatic hydroxyl groups excluding tert-OH is 2. The van der Waals surface area contributed by atoms with Crippen molar-refractivity contribution in [1.29, 1.82) is 0 Å². The lowest BCUT2D eigenvalue weighted by Gasteiger charge is -2.45. The van der Waals surface area contributed by atoms with Crippen LogP contribution in [0.15, 0.2) is 35.1 Å². The molecule has 0 radical (unpaired) electrons. The molecule has 1 aliphatic carbocycles. The van der Waals surface area contributed by atoms with Crippen molar-refractivity contribution in [2.24, 2.45) is 0 Å². The van der Waals surface area contributed by atoms with Crippen molar-refractivity contribution < 1.29 is 14.9 Å². The second kappa shape index (κ2) is 11.2. The average Bonchev–Trinajstić information content (AvgIpc) is 3.42. The number of nitrogens with one attached hydrogen (secondary N) is 1. The summed E-state index contributed by atoms with van der Waals surface area (Å²) < 4.78 is 7.67. The predicted octanol–water partition coefficient (Wildman–Crippen LogP) is 4.93. The number of ether oxygens (including phenoxy) is 1. The molecular formula is C29H42N4O4S. The van der Waals surface area contributed by atoms with Crippen LogP contribution in [-0.2, 0) is 12.1 Å². The highest BCUT2D eigenvalue weighted by atomic mass is 32.1. The fraction of sp³-hybridized carbons (Fsp3) is 0.586. The van der Waals surface area contributed by atoms with Crippen LogP contribution in [0.1, 0.15) is 93.8 Å². The molecule has 0 aliphatic heterocycles. The number of anilines is 1. The third kappa shape index (κ3) is 5.42. The van der Waals surface area contributed by atoms with Crippen molar-refractivity contribution in [1.82, 2.24) is 14.8 Å². The Bertz CT molecular complexity index is 1260. The van der Waals surface area contributed by atoms with Gasteiger partial charge in [0.25, 0.3) is 5.56 Å². The van der Waals surface area contributed by atoms with Gasteiger partial charge in [-0.15, -0.1) is 0 Å². The Hall–Kier alpha value is -2.62. The number of aromatic nitrogens is 3. The summed E-state index contributed by atoms with van der Waals surface area (Å²) in [5.41, 5.74) is 1.76. The maximum atomic E-state index is 13.5. The van der Waals surface area contributed by atoms with Gasteiger partial charge in [0.2, 0.25) is 5.88 Å². The molecule has 2 heterocycles. The number of nitrogens with zero attached hydrogens (tertiary/aromatic N) is 3. The monoisotopic (exact) mass is 542 g/mol. The van der Waals surface area contributed by atoms with Gasteiger partial charge < -0.3 is 19.8 Å². The zero-order valence-corrected chi connectivity index (χ0v) is 24.4. The molecule has 1 aliphatic rings. The van der Waals surface area contributed by atoms with Gasteiger partial charge in [-0.05, 0) is 38.7 Å². The molecule has 3 aromatic rings. The average molecular weight is 543 g/mol. The first-order valence-electron chi connectivity index (χ1n) is 13.6. The van der Waals surface area contributed by atoms with Crippen molar-refractivity contribution in [3.63, 3.8) is 0 Å². The van der Waals surface area contributed by atoms with Crippen molar-refractivity contribution in [2.45, 2.75) is 96.4 Å². The number of aliphatic hydroxyl groups is 2. The molecule has 2 aromatic heterocycles. The molecule has 8 nitrogen and oxygen atoms in total. The van der Waals surface area contributed by atoms with Crippen LogP contribution in [0.3, 0.4) is 0 Å². The summed E-state index contributed by atoms with van der Waals surface area (Å²) in [6, 6.07) is 10.2. The van der Waals surface area contributed by atoms with E-state index < -0.39 is 29.6 Å². The molecule has 0 bridgehead atoms. The van der Waals surface area contributed by atoms with Crippen molar-refractivity contribution in [2.75, 3.05) is 18.6 Å². The quantitative estimate of drug-likeness (QED) is 0.314. The summed E-state index contributed by atoms with van der Waals surface area (Å²) >= 11 is 1.44. The Morgan fingerprint density at radius 2 is 1.82 bits per heavy atom. The van der Waals surface area contributed by atoms with E-state index in [-0.39, 0.29) is 11.5 Å². The number of H-pyrrole nitrogens is 1. The minimum absolute atomic E-state index is 0.0364. The molecule has 1 fully saturated rings. The topological polar surface area (TPSA) is 104 Å². The van der Waals surface area contributed by atoms with E-state index in [4.69, 9.17) is 9.72 Å². The smallest absolute Gasteiger partial charge is 0.270 e. The third-order valence-electron chi connectivity index (χ3n) is 7.25. The Balaban J connectivity index is 1.66. The SMILES string of the molecule is CCCCOc1nc(N(C)Cc2ccccc2)sc1C1C(O)C(c2c(C(C)C)[nH]n(C(C)(C)C)c2=O)C1O. The normalized spacial score (nSPS) is 21.5. The van der Waals surface area contributed by atoms with Crippen LogP contribution in [-0.4, -0.2) is 50.8 Å². The molecule has 4 rings (SSSR count). The summed E-state index contributed by atoms with van der Waals surface area (Å²) in [7, 11) is 1.98. The van der Waals surface area contributed by atoms with Crippen LogP contribution in [0.5, 0.6) is 5.88 Å². The molecule has 1 saturated carbocycles. The van der Waals surface area contributed by atoms with Gasteiger partial charge in [-0.1, -0.05) is 68.9 Å². The number of hydrogen-bond acceptors (Lipinski definition) is 7. The molecule has 38 heavy (non-hydrogen) atoms. The molecule has 2 atom stereocenters. The minimum Gasteiger partial charge on any atom is -0.477 e. The van der Waals surface area contributed by atoms with Crippen LogP contribution < -0.4 is 15.2 Å². The van der Waals surface area contributed by atoms with E-state index in [1.807, 2.05) is 59.9 Å². The molecule has 1 aromatic carbocycles. The van der Waals surface area contributed by atoms with E-state index in [0.717, 1.165) is 34.1 Å². The van der Waals surface area contributed by atoms with Crippen molar-refractivity contribution >= 4 is 16.5 Å². The lowest BCUT2D eigenvalue weighted by atomic mass is 9.65. The molecule has 2 unspecified atom stereocenters. The summed E-state index contributed by atoms with van der Waals surface area (Å²) in [6.45, 7) is 13.2. The summed E-state index contributed by atoms with van der Waals surface area (Å²) in [5.74, 6) is -0.759. The van der Waals surface area contributed by atoms with Gasteiger partial charge >= 0.3 is 0 Å². The number of benzene rings is 1. The maximum absolute atomic E-state index is 13.5. The third-order valence-corrected chi connectivity index (χ3v) is 8.50. The van der Waals surface area contributed by atoms with Gasteiger partial charge in [0.1, 0.15) is 0 Å². The van der Waals surface area contributed by atoms with Gasteiger partial charge in [0.15, 0.2) is 5.13 Å². The van der Waals surface area contributed by atoms with Gasteiger partial charge in [0.05, 0.1) is 35.1 Å². The predicted molar refractivity (Wildman–Crippen MR) is 153 cm³/mol. The van der Waals surface area contributed by atoms with Crippen molar-refractivity contribution in [3.8, 4) is 5.88 Å². The largest absolute Gasteiger partial charge is 0.477 e. The molecule has 0 amide bonds. The van der Waals surface area contributed by atoms with Gasteiger partial charge in [-0.3, -0.25) is 9.89 Å². The van der Waals surface area contributed by atoms with Gasteiger partial charge in [-0.25, -0.2) is 4.68 Å². The Morgan fingerprint density at radius 1 is 1.16 bits per heavy atom. The fourth-order valence-electron chi connectivity index (χ4n) is 5.08. The molecule has 208 valence electrons. The minimum atomic E-state index is -0.930. The van der Waals surface area contributed by atoms with Crippen LogP contribution in [0, 0.1) is 0 Å². The second-order valence-electron chi connectivity index (χ2n) is 11.6. The zero-order valence-electron chi connectivity index (χ0n) is 23.6. The van der Waals surface area contributed by atoms with Gasteiger partial charge in [-0.2, -0.15) is 4.98 Å². The van der Waals surface area contributed by atoms with E-state index in [2.05, 4.69) is 29.1 Å². The molecular weight excluding hydrogens is 500 g/mol. The van der Waals surface area contributed by atoms with Crippen LogP contribution in [0.25, 0.3) is 0 Å². The highest BCUT2D eigenvalue weighted by Gasteiger charge is 2.55. The Morgan fingerprint density at radius 3 is 2.39 bits per heavy atom. The Kier molecular flexibility index (Phi) is 8.40. The van der Waals surface area contributed by atoms with Gasteiger partial charge in [0, 0.05) is 30.8 Å². The van der Waals surface area contributed by atoms with E-state index >= 15 is 0 Å². The first kappa shape index (κ1) is 28.4. The highest BCUT2D eigenvalue weighted by molar-refractivity contribution is 7.16. The van der Waals surface area contributed by atoms with E-state index in [1.165, 1.54) is 11.3 Å². The van der Waals surface area contributed by atoms with Crippen molar-refractivity contribution in [3.05, 3.63) is 62.4 Å². The summed E-state index contributed by atoms with van der Waals surface area (Å²) in [6.07, 6.45) is 0.0156. The fourth-order valence-corrected chi connectivity index (χ4v) is 6.23. The first-order chi connectivity index (χ1) is 18.0. The second-order valence-corrected chi connectivity index (χ2v) is 12.7. The highest BCUT2D eigenvalue weighted by Crippen LogP contribution is 2.53. The van der Waals surface area contributed by atoms with Crippen LogP contribution in [0.2, 0.25) is 0 Å². The number of aromatic amines is 1. The summed E-state index contributed by atoms with van der Waals surface area (Å²) in [4.78, 5) is 21.0. The molecule has 0 saturated heterocycles. The van der Waals surface area contributed by atoms with E-state index in [0.29, 0.717) is 24.6 Å². The van der Waals surface area contributed by atoms with E-state index in [9.17, 15) is 15.0 Å². The van der Waals surface area contributed by atoms with Crippen LogP contribution in [0.4, 0.5) is 5.13 Å². The number of thiazole rings is 1. The van der Waals surface area contributed by atoms with E-state index in [1.54, 1.807) is 4.68 Å². The summed E-state index contributed by atoms with van der Waals surface area (Å²) in [5, 5.41) is 26.9. The Labute approximate surface area is 229 Å². The number of rotatable bonds is 10. The molecule has 0 spiro atoms. The van der Waals surface area contributed by atoms with Crippen LogP contribution >= 0.6 is 11.3 Å². The standard InChI is InChI=1S/C29H42N4O4S/c1-8-9-15-37-26-25(38-28(30-26)32(7)16-18-13-11-10-12-14-18)21-23(34)20(24(21)35)19-22(17(2)3)31-33(27(19)36)29(4,5)6/h10-14,17,20-21,23-24,31,34-35H,8-9,15-16H2,1-7H3.